The van der Waals surface area contributed by atoms with Crippen LogP contribution in [0.25, 0.3) is 0 Å². The maximum absolute atomic E-state index is 12.1. The first-order valence-corrected chi connectivity index (χ1v) is 6.65. The van der Waals surface area contributed by atoms with Gasteiger partial charge in [0.25, 0.3) is 0 Å². The maximum Gasteiger partial charge on any atom is 0.159 e. The molecular weight excluding hydrogens is 196 g/mol. The highest BCUT2D eigenvalue weighted by atomic mass is 16.1. The molecule has 16 heavy (non-hydrogen) atoms. The molecule has 2 saturated carbocycles. The number of ketones is 1. The molecule has 0 aliphatic heterocycles. The van der Waals surface area contributed by atoms with Crippen molar-refractivity contribution in [2.24, 2.45) is 28.6 Å². The Morgan fingerprint density at radius 2 is 2.00 bits per heavy atom. The summed E-state index contributed by atoms with van der Waals surface area (Å²) in [6.45, 7) is 9.36. The molecule has 0 aromatic heterocycles. The molecule has 3 aliphatic carbocycles. The molecule has 0 unspecified atom stereocenters. The highest BCUT2D eigenvalue weighted by Gasteiger charge is 2.71. The minimum absolute atomic E-state index is 0.246. The largest absolute Gasteiger partial charge is 0.295 e. The first-order chi connectivity index (χ1) is 7.40. The predicted octanol–water partition coefficient (Wildman–Crippen LogP) is 3.59. The second kappa shape index (κ2) is 2.80. The van der Waals surface area contributed by atoms with Crippen molar-refractivity contribution in [1.29, 1.82) is 0 Å². The molecule has 0 saturated heterocycles. The van der Waals surface area contributed by atoms with Gasteiger partial charge in [0.05, 0.1) is 0 Å². The van der Waals surface area contributed by atoms with E-state index < -0.39 is 0 Å². The smallest absolute Gasteiger partial charge is 0.159 e. The molecule has 0 bridgehead atoms. The molecule has 0 N–H and O–H groups in total. The van der Waals surface area contributed by atoms with Crippen LogP contribution >= 0.6 is 0 Å². The quantitative estimate of drug-likeness (QED) is 0.607. The SMILES string of the molecule is C[C@@H]1CCCC2=CC(=O)[C@@H]3[C@@H](C3(C)C)[C@@]21C. The Bertz CT molecular complexity index is 390. The van der Waals surface area contributed by atoms with Crippen molar-refractivity contribution in [3.8, 4) is 0 Å². The van der Waals surface area contributed by atoms with E-state index in [2.05, 4.69) is 27.7 Å². The number of allylic oxidation sites excluding steroid dienone is 2. The summed E-state index contributed by atoms with van der Waals surface area (Å²) in [5.41, 5.74) is 2.03. The lowest BCUT2D eigenvalue weighted by Crippen LogP contribution is -2.38. The van der Waals surface area contributed by atoms with Gasteiger partial charge in [0, 0.05) is 5.92 Å². The lowest BCUT2D eigenvalue weighted by Gasteiger charge is -2.45. The Balaban J connectivity index is 2.10. The van der Waals surface area contributed by atoms with Crippen molar-refractivity contribution in [1.82, 2.24) is 0 Å². The van der Waals surface area contributed by atoms with Crippen LogP contribution in [0.2, 0.25) is 0 Å². The van der Waals surface area contributed by atoms with Gasteiger partial charge in [0.1, 0.15) is 0 Å². The zero-order valence-electron chi connectivity index (χ0n) is 10.8. The Morgan fingerprint density at radius 1 is 1.31 bits per heavy atom. The Hall–Kier alpha value is -0.590. The molecule has 1 heteroatoms. The highest BCUT2D eigenvalue weighted by molar-refractivity contribution is 5.97. The third-order valence-corrected chi connectivity index (χ3v) is 5.90. The van der Waals surface area contributed by atoms with Gasteiger partial charge in [-0.3, -0.25) is 4.79 Å². The van der Waals surface area contributed by atoms with Gasteiger partial charge in [-0.25, -0.2) is 0 Å². The molecule has 0 aromatic rings. The lowest BCUT2D eigenvalue weighted by atomic mass is 9.59. The fourth-order valence-electron chi connectivity index (χ4n) is 4.77. The summed E-state index contributed by atoms with van der Waals surface area (Å²) in [6, 6.07) is 0. The molecule has 0 radical (unpaired) electrons. The van der Waals surface area contributed by atoms with Gasteiger partial charge in [-0.1, -0.05) is 33.3 Å². The number of rotatable bonds is 0. The minimum atomic E-state index is 0.246. The summed E-state index contributed by atoms with van der Waals surface area (Å²) in [6.07, 6.45) is 5.77. The van der Waals surface area contributed by atoms with Crippen LogP contribution < -0.4 is 0 Å². The zero-order valence-corrected chi connectivity index (χ0v) is 10.8. The van der Waals surface area contributed by atoms with E-state index in [0.717, 1.165) is 12.3 Å². The van der Waals surface area contributed by atoms with Crippen LogP contribution in [0.15, 0.2) is 11.6 Å². The number of carbonyl (C=O) groups is 1. The van der Waals surface area contributed by atoms with Crippen molar-refractivity contribution in [2.45, 2.75) is 47.0 Å². The third kappa shape index (κ3) is 1.00. The molecule has 0 aromatic carbocycles. The van der Waals surface area contributed by atoms with E-state index in [-0.39, 0.29) is 5.41 Å². The summed E-state index contributed by atoms with van der Waals surface area (Å²) >= 11 is 0. The highest BCUT2D eigenvalue weighted by Crippen LogP contribution is 2.73. The molecule has 0 amide bonds. The molecule has 3 rings (SSSR count). The average Bonchev–Trinajstić information content (AvgIpc) is 2.77. The summed E-state index contributed by atoms with van der Waals surface area (Å²) < 4.78 is 0. The summed E-state index contributed by atoms with van der Waals surface area (Å²) in [7, 11) is 0. The third-order valence-electron chi connectivity index (χ3n) is 5.90. The van der Waals surface area contributed by atoms with Gasteiger partial charge < -0.3 is 0 Å². The van der Waals surface area contributed by atoms with Crippen molar-refractivity contribution in [3.05, 3.63) is 11.6 Å². The van der Waals surface area contributed by atoms with Crippen molar-refractivity contribution >= 4 is 5.78 Å². The monoisotopic (exact) mass is 218 g/mol. The summed E-state index contributed by atoms with van der Waals surface area (Å²) in [5, 5.41) is 0. The van der Waals surface area contributed by atoms with E-state index in [1.807, 2.05) is 6.08 Å². The molecule has 3 aliphatic rings. The topological polar surface area (TPSA) is 17.1 Å². The minimum Gasteiger partial charge on any atom is -0.295 e. The molecular formula is C15H22O. The zero-order chi connectivity index (χ0) is 11.7. The van der Waals surface area contributed by atoms with Crippen LogP contribution in [0, 0.1) is 28.6 Å². The van der Waals surface area contributed by atoms with Crippen LogP contribution in [-0.2, 0) is 4.79 Å². The second-order valence-electron chi connectivity index (χ2n) is 6.92. The van der Waals surface area contributed by atoms with E-state index in [9.17, 15) is 4.79 Å². The fourth-order valence-corrected chi connectivity index (χ4v) is 4.77. The van der Waals surface area contributed by atoms with Gasteiger partial charge in [0.15, 0.2) is 5.78 Å². The summed E-state index contributed by atoms with van der Waals surface area (Å²) in [5.74, 6) is 2.09. The van der Waals surface area contributed by atoms with Crippen molar-refractivity contribution in [2.75, 3.05) is 0 Å². The van der Waals surface area contributed by atoms with E-state index in [4.69, 9.17) is 0 Å². The standard InChI is InChI=1S/C15H22O/c1-9-6-5-7-10-8-11(16)12-13(14(12,2)3)15(9,10)4/h8-9,12-13H,5-7H2,1-4H3/t9-,12-,13+,15-/m1/s1. The van der Waals surface area contributed by atoms with Crippen LogP contribution in [0.3, 0.4) is 0 Å². The van der Waals surface area contributed by atoms with Crippen LogP contribution in [0.5, 0.6) is 0 Å². The van der Waals surface area contributed by atoms with Crippen molar-refractivity contribution in [3.63, 3.8) is 0 Å². The Kier molecular flexibility index (Phi) is 1.85. The molecule has 0 heterocycles. The lowest BCUT2D eigenvalue weighted by molar-refractivity contribution is -0.117. The predicted molar refractivity (Wildman–Crippen MR) is 65.0 cm³/mol. The molecule has 4 atom stereocenters. The van der Waals surface area contributed by atoms with Crippen LogP contribution in [0.1, 0.15) is 47.0 Å². The molecule has 2 fully saturated rings. The second-order valence-corrected chi connectivity index (χ2v) is 6.92. The van der Waals surface area contributed by atoms with Gasteiger partial charge >= 0.3 is 0 Å². The Morgan fingerprint density at radius 3 is 2.69 bits per heavy atom. The first-order valence-electron chi connectivity index (χ1n) is 6.65. The normalized spacial score (nSPS) is 49.1. The fraction of sp³-hybridized carbons (Fsp3) is 0.800. The summed E-state index contributed by atoms with van der Waals surface area (Å²) in [4.78, 5) is 12.1. The number of hydrogen-bond donors (Lipinski definition) is 0. The van der Waals surface area contributed by atoms with Gasteiger partial charge in [0.2, 0.25) is 0 Å². The van der Waals surface area contributed by atoms with E-state index in [1.165, 1.54) is 18.4 Å². The van der Waals surface area contributed by atoms with E-state index >= 15 is 0 Å². The van der Waals surface area contributed by atoms with Gasteiger partial charge in [-0.05, 0) is 48.0 Å². The number of hydrogen-bond acceptors (Lipinski definition) is 1. The number of fused-ring (bicyclic) bond motifs is 3. The average molecular weight is 218 g/mol. The first kappa shape index (κ1) is 10.6. The van der Waals surface area contributed by atoms with E-state index in [1.54, 1.807) is 0 Å². The van der Waals surface area contributed by atoms with Gasteiger partial charge in [-0.2, -0.15) is 0 Å². The van der Waals surface area contributed by atoms with Crippen molar-refractivity contribution < 1.29 is 4.79 Å². The van der Waals surface area contributed by atoms with Gasteiger partial charge in [-0.15, -0.1) is 0 Å². The molecule has 0 spiro atoms. The molecule has 88 valence electrons. The van der Waals surface area contributed by atoms with Crippen LogP contribution in [0.4, 0.5) is 0 Å². The number of carbonyl (C=O) groups excluding carboxylic acids is 1. The molecule has 1 nitrogen and oxygen atoms in total. The maximum atomic E-state index is 12.1. The van der Waals surface area contributed by atoms with E-state index in [0.29, 0.717) is 23.0 Å². The Labute approximate surface area is 98.3 Å². The van der Waals surface area contributed by atoms with Crippen LogP contribution in [-0.4, -0.2) is 5.78 Å².